The molecule has 0 aliphatic heterocycles. The van der Waals surface area contributed by atoms with Gasteiger partial charge in [-0.1, -0.05) is 6.92 Å². The summed E-state index contributed by atoms with van der Waals surface area (Å²) in [7, 11) is 0. The van der Waals surface area contributed by atoms with Crippen LogP contribution in [0.25, 0.3) is 0 Å². The number of benzene rings is 1. The molecule has 0 amide bonds. The molecule has 1 heterocycles. The Kier molecular flexibility index (Phi) is 3.71. The Morgan fingerprint density at radius 1 is 1.12 bits per heavy atom. The molecule has 0 fully saturated rings. The SMILES string of the molecule is CCc1cnc(Oc2ccc(I)cc2)nc1. The number of hydrogen-bond donors (Lipinski definition) is 0. The van der Waals surface area contributed by atoms with Crippen molar-refractivity contribution < 1.29 is 4.74 Å². The van der Waals surface area contributed by atoms with Crippen LogP contribution >= 0.6 is 22.6 Å². The summed E-state index contributed by atoms with van der Waals surface area (Å²) in [6, 6.07) is 8.16. The van der Waals surface area contributed by atoms with Crippen molar-refractivity contribution in [3.05, 3.63) is 45.8 Å². The predicted octanol–water partition coefficient (Wildman–Crippen LogP) is 3.44. The summed E-state index contributed by atoms with van der Waals surface area (Å²) >= 11 is 2.25. The second-order valence-electron chi connectivity index (χ2n) is 3.28. The first-order chi connectivity index (χ1) is 7.78. The van der Waals surface area contributed by atoms with Crippen molar-refractivity contribution in [3.63, 3.8) is 0 Å². The minimum absolute atomic E-state index is 0.387. The third-order valence-corrected chi connectivity index (χ3v) is 2.83. The second kappa shape index (κ2) is 5.25. The maximum absolute atomic E-state index is 5.51. The van der Waals surface area contributed by atoms with Crippen molar-refractivity contribution in [2.45, 2.75) is 13.3 Å². The van der Waals surface area contributed by atoms with Gasteiger partial charge < -0.3 is 4.74 Å². The highest BCUT2D eigenvalue weighted by Crippen LogP contribution is 2.18. The van der Waals surface area contributed by atoms with Gasteiger partial charge in [-0.2, -0.15) is 0 Å². The van der Waals surface area contributed by atoms with Crippen molar-refractivity contribution in [1.29, 1.82) is 0 Å². The second-order valence-corrected chi connectivity index (χ2v) is 4.53. The number of rotatable bonds is 3. The summed E-state index contributed by atoms with van der Waals surface area (Å²) < 4.78 is 6.68. The molecule has 0 bridgehead atoms. The molecule has 2 rings (SSSR count). The Balaban J connectivity index is 2.11. The van der Waals surface area contributed by atoms with E-state index in [-0.39, 0.29) is 0 Å². The molecule has 3 nitrogen and oxygen atoms in total. The van der Waals surface area contributed by atoms with Gasteiger partial charge in [0.2, 0.25) is 0 Å². The zero-order valence-electron chi connectivity index (χ0n) is 8.85. The standard InChI is InChI=1S/C12H11IN2O/c1-2-9-7-14-12(15-8-9)16-11-5-3-10(13)4-6-11/h3-8H,2H2,1H3. The van der Waals surface area contributed by atoms with Crippen LogP contribution in [0.1, 0.15) is 12.5 Å². The minimum atomic E-state index is 0.387. The first-order valence-electron chi connectivity index (χ1n) is 5.02. The monoisotopic (exact) mass is 326 g/mol. The van der Waals surface area contributed by atoms with Crippen molar-refractivity contribution in [3.8, 4) is 11.8 Å². The van der Waals surface area contributed by atoms with Crippen molar-refractivity contribution in [2.24, 2.45) is 0 Å². The lowest BCUT2D eigenvalue weighted by Gasteiger charge is -2.03. The highest BCUT2D eigenvalue weighted by molar-refractivity contribution is 14.1. The predicted molar refractivity (Wildman–Crippen MR) is 70.6 cm³/mol. The molecular formula is C12H11IN2O. The zero-order valence-corrected chi connectivity index (χ0v) is 11.0. The van der Waals surface area contributed by atoms with Crippen LogP contribution in [0, 0.1) is 3.57 Å². The molecule has 2 aromatic rings. The molecular weight excluding hydrogens is 315 g/mol. The first kappa shape index (κ1) is 11.3. The fourth-order valence-corrected chi connectivity index (χ4v) is 1.55. The molecule has 0 saturated carbocycles. The van der Waals surface area contributed by atoms with Gasteiger partial charge in [0, 0.05) is 16.0 Å². The van der Waals surface area contributed by atoms with Gasteiger partial charge >= 0.3 is 6.01 Å². The van der Waals surface area contributed by atoms with Crippen LogP contribution in [0.2, 0.25) is 0 Å². The van der Waals surface area contributed by atoms with Gasteiger partial charge in [-0.05, 0) is 58.8 Å². The largest absolute Gasteiger partial charge is 0.424 e. The molecule has 0 unspecified atom stereocenters. The van der Waals surface area contributed by atoms with E-state index in [0.29, 0.717) is 6.01 Å². The smallest absolute Gasteiger partial charge is 0.321 e. The Morgan fingerprint density at radius 2 is 1.75 bits per heavy atom. The molecule has 1 aromatic carbocycles. The quantitative estimate of drug-likeness (QED) is 0.811. The van der Waals surface area contributed by atoms with E-state index in [1.165, 1.54) is 3.57 Å². The van der Waals surface area contributed by atoms with Crippen LogP contribution < -0.4 is 4.74 Å². The fourth-order valence-electron chi connectivity index (χ4n) is 1.19. The summed E-state index contributed by atoms with van der Waals surface area (Å²) in [5.41, 5.74) is 1.11. The third-order valence-electron chi connectivity index (χ3n) is 2.11. The highest BCUT2D eigenvalue weighted by Gasteiger charge is 1.99. The number of aryl methyl sites for hydroxylation is 1. The Labute approximate surface area is 108 Å². The molecule has 0 saturated heterocycles. The van der Waals surface area contributed by atoms with E-state index in [4.69, 9.17) is 4.74 Å². The summed E-state index contributed by atoms with van der Waals surface area (Å²) in [4.78, 5) is 8.26. The van der Waals surface area contributed by atoms with E-state index in [0.717, 1.165) is 17.7 Å². The molecule has 0 radical (unpaired) electrons. The van der Waals surface area contributed by atoms with Gasteiger partial charge in [-0.25, -0.2) is 9.97 Å². The topological polar surface area (TPSA) is 35.0 Å². The van der Waals surface area contributed by atoms with Crippen LogP contribution in [0.3, 0.4) is 0 Å². The van der Waals surface area contributed by atoms with Gasteiger partial charge in [-0.3, -0.25) is 0 Å². The van der Waals surface area contributed by atoms with Crippen molar-refractivity contribution >= 4 is 22.6 Å². The average Bonchev–Trinajstić information content (AvgIpc) is 2.33. The summed E-state index contributed by atoms with van der Waals surface area (Å²) in [6.45, 7) is 2.07. The van der Waals surface area contributed by atoms with E-state index in [1.54, 1.807) is 12.4 Å². The number of nitrogens with zero attached hydrogens (tertiary/aromatic N) is 2. The number of ether oxygens (including phenoxy) is 1. The number of aromatic nitrogens is 2. The Bertz CT molecular complexity index is 453. The van der Waals surface area contributed by atoms with Gasteiger partial charge in [-0.15, -0.1) is 0 Å². The van der Waals surface area contributed by atoms with Crippen LogP contribution in [0.5, 0.6) is 11.8 Å². The van der Waals surface area contributed by atoms with Crippen molar-refractivity contribution in [1.82, 2.24) is 9.97 Å². The maximum atomic E-state index is 5.51. The van der Waals surface area contributed by atoms with E-state index in [9.17, 15) is 0 Å². The van der Waals surface area contributed by atoms with E-state index in [1.807, 2.05) is 24.3 Å². The maximum Gasteiger partial charge on any atom is 0.321 e. The zero-order chi connectivity index (χ0) is 11.4. The lowest BCUT2D eigenvalue weighted by atomic mass is 10.3. The lowest BCUT2D eigenvalue weighted by molar-refractivity contribution is 0.441. The van der Waals surface area contributed by atoms with Crippen LogP contribution in [-0.2, 0) is 6.42 Å². The number of halogens is 1. The highest BCUT2D eigenvalue weighted by atomic mass is 127. The third kappa shape index (κ3) is 2.91. The van der Waals surface area contributed by atoms with Crippen LogP contribution in [0.4, 0.5) is 0 Å². The molecule has 0 aliphatic rings. The minimum Gasteiger partial charge on any atom is -0.424 e. The van der Waals surface area contributed by atoms with Crippen molar-refractivity contribution in [2.75, 3.05) is 0 Å². The molecule has 0 atom stereocenters. The van der Waals surface area contributed by atoms with E-state index in [2.05, 4.69) is 39.5 Å². The average molecular weight is 326 g/mol. The van der Waals surface area contributed by atoms with Crippen LogP contribution in [0.15, 0.2) is 36.7 Å². The van der Waals surface area contributed by atoms with Gasteiger partial charge in [0.05, 0.1) is 0 Å². The van der Waals surface area contributed by atoms with E-state index >= 15 is 0 Å². The van der Waals surface area contributed by atoms with Gasteiger partial charge in [0.1, 0.15) is 5.75 Å². The number of hydrogen-bond acceptors (Lipinski definition) is 3. The molecule has 0 aliphatic carbocycles. The molecule has 0 N–H and O–H groups in total. The Hall–Kier alpha value is -1.17. The first-order valence-corrected chi connectivity index (χ1v) is 6.10. The summed E-state index contributed by atoms with van der Waals surface area (Å²) in [6.07, 6.45) is 4.51. The molecule has 0 spiro atoms. The molecule has 16 heavy (non-hydrogen) atoms. The van der Waals surface area contributed by atoms with Gasteiger partial charge in [0.25, 0.3) is 0 Å². The Morgan fingerprint density at radius 3 is 2.31 bits per heavy atom. The normalized spacial score (nSPS) is 10.1. The summed E-state index contributed by atoms with van der Waals surface area (Å²) in [5, 5.41) is 0. The molecule has 82 valence electrons. The molecule has 1 aromatic heterocycles. The van der Waals surface area contributed by atoms with Crippen LogP contribution in [-0.4, -0.2) is 9.97 Å². The summed E-state index contributed by atoms with van der Waals surface area (Å²) in [5.74, 6) is 0.754. The van der Waals surface area contributed by atoms with Gasteiger partial charge in [0.15, 0.2) is 0 Å². The molecule has 4 heteroatoms. The fraction of sp³-hybridized carbons (Fsp3) is 0.167. The van der Waals surface area contributed by atoms with E-state index < -0.39 is 0 Å². The lowest BCUT2D eigenvalue weighted by Crippen LogP contribution is -1.93.